The number of carbonyl (C=O) groups excluding carboxylic acids is 2. The fraction of sp³-hybridized carbons (Fsp3) is 0.167. The second-order valence-electron chi connectivity index (χ2n) is 7.33. The van der Waals surface area contributed by atoms with Gasteiger partial charge in [-0.1, -0.05) is 30.0 Å². The van der Waals surface area contributed by atoms with E-state index in [0.717, 1.165) is 16.3 Å². The molecule has 0 saturated heterocycles. The molecule has 10 heteroatoms. The molecule has 0 aliphatic carbocycles. The minimum Gasteiger partial charge on any atom is -0.325 e. The van der Waals surface area contributed by atoms with Crippen LogP contribution < -0.4 is 10.6 Å². The van der Waals surface area contributed by atoms with Crippen molar-refractivity contribution >= 4 is 46.3 Å². The van der Waals surface area contributed by atoms with Crippen LogP contribution in [0.5, 0.6) is 0 Å². The van der Waals surface area contributed by atoms with Gasteiger partial charge in [0, 0.05) is 17.9 Å². The standard InChI is InChI=1S/C24H22FN5O2S2/c1-3-30-22(20-9-6-12-33-20)28-29-24(30)34-14-21(31)27-19-11-10-16(13-15(19)2)26-23(32)17-7-4-5-8-18(17)25/h4-13H,3,14H2,1-2H3,(H,26,32)(H,27,31). The van der Waals surface area contributed by atoms with E-state index in [2.05, 4.69) is 20.8 Å². The second kappa shape index (κ2) is 10.6. The van der Waals surface area contributed by atoms with Crippen molar-refractivity contribution in [1.82, 2.24) is 14.8 Å². The van der Waals surface area contributed by atoms with E-state index in [0.29, 0.717) is 23.1 Å². The molecule has 2 aromatic heterocycles. The molecule has 0 saturated carbocycles. The number of hydrogen-bond donors (Lipinski definition) is 2. The van der Waals surface area contributed by atoms with Gasteiger partial charge in [-0.05, 0) is 61.2 Å². The minimum atomic E-state index is -0.584. The maximum absolute atomic E-state index is 13.8. The number of benzene rings is 2. The molecule has 0 aliphatic rings. The van der Waals surface area contributed by atoms with E-state index in [9.17, 15) is 14.0 Å². The van der Waals surface area contributed by atoms with Gasteiger partial charge in [0.05, 0.1) is 16.2 Å². The van der Waals surface area contributed by atoms with Crippen molar-refractivity contribution in [1.29, 1.82) is 0 Å². The van der Waals surface area contributed by atoms with Gasteiger partial charge in [0.25, 0.3) is 5.91 Å². The Morgan fingerprint density at radius 2 is 1.91 bits per heavy atom. The number of rotatable bonds is 8. The smallest absolute Gasteiger partial charge is 0.258 e. The molecular weight excluding hydrogens is 473 g/mol. The largest absolute Gasteiger partial charge is 0.325 e. The van der Waals surface area contributed by atoms with Crippen molar-refractivity contribution < 1.29 is 14.0 Å². The number of aromatic nitrogens is 3. The van der Waals surface area contributed by atoms with Crippen LogP contribution in [-0.4, -0.2) is 32.3 Å². The highest BCUT2D eigenvalue weighted by molar-refractivity contribution is 7.99. The Hall–Kier alpha value is -3.50. The molecule has 174 valence electrons. The van der Waals surface area contributed by atoms with E-state index in [1.807, 2.05) is 35.9 Å². The average Bonchev–Trinajstić information content (AvgIpc) is 3.49. The molecule has 7 nitrogen and oxygen atoms in total. The van der Waals surface area contributed by atoms with Crippen LogP contribution in [-0.2, 0) is 11.3 Å². The molecule has 0 bridgehead atoms. The summed E-state index contributed by atoms with van der Waals surface area (Å²) in [6.45, 7) is 4.53. The summed E-state index contributed by atoms with van der Waals surface area (Å²) in [7, 11) is 0. The van der Waals surface area contributed by atoms with Crippen LogP contribution in [0.15, 0.2) is 65.1 Å². The monoisotopic (exact) mass is 495 g/mol. The molecule has 2 aromatic carbocycles. The van der Waals surface area contributed by atoms with Crippen LogP contribution in [0.3, 0.4) is 0 Å². The number of thioether (sulfide) groups is 1. The summed E-state index contributed by atoms with van der Waals surface area (Å²) in [5, 5.41) is 16.8. The highest BCUT2D eigenvalue weighted by Gasteiger charge is 2.16. The molecule has 4 aromatic rings. The molecule has 0 atom stereocenters. The van der Waals surface area contributed by atoms with Crippen LogP contribution in [0.1, 0.15) is 22.8 Å². The summed E-state index contributed by atoms with van der Waals surface area (Å²) < 4.78 is 15.8. The van der Waals surface area contributed by atoms with Crippen molar-refractivity contribution in [3.63, 3.8) is 0 Å². The van der Waals surface area contributed by atoms with Crippen LogP contribution in [0.25, 0.3) is 10.7 Å². The first kappa shape index (κ1) is 23.7. The quantitative estimate of drug-likeness (QED) is 0.317. The molecule has 0 fully saturated rings. The van der Waals surface area contributed by atoms with Crippen molar-refractivity contribution in [2.24, 2.45) is 0 Å². The first-order valence-corrected chi connectivity index (χ1v) is 12.4. The van der Waals surface area contributed by atoms with Crippen molar-refractivity contribution in [2.45, 2.75) is 25.5 Å². The van der Waals surface area contributed by atoms with E-state index in [-0.39, 0.29) is 17.2 Å². The number of aryl methyl sites for hydroxylation is 1. The van der Waals surface area contributed by atoms with Crippen LogP contribution >= 0.6 is 23.1 Å². The van der Waals surface area contributed by atoms with Gasteiger partial charge in [0.15, 0.2) is 11.0 Å². The summed E-state index contributed by atoms with van der Waals surface area (Å²) in [6.07, 6.45) is 0. The van der Waals surface area contributed by atoms with E-state index >= 15 is 0 Å². The third kappa shape index (κ3) is 5.35. The van der Waals surface area contributed by atoms with E-state index in [1.165, 1.54) is 30.0 Å². The predicted octanol–water partition coefficient (Wildman–Crippen LogP) is 5.46. The summed E-state index contributed by atoms with van der Waals surface area (Å²) >= 11 is 2.92. The normalized spacial score (nSPS) is 10.8. The zero-order valence-corrected chi connectivity index (χ0v) is 20.2. The molecular formula is C24H22FN5O2S2. The lowest BCUT2D eigenvalue weighted by atomic mass is 10.1. The number of nitrogens with zero attached hydrogens (tertiary/aromatic N) is 3. The third-order valence-corrected chi connectivity index (χ3v) is 6.82. The fourth-order valence-corrected chi connectivity index (χ4v) is 4.83. The number of amides is 2. The first-order valence-electron chi connectivity index (χ1n) is 10.5. The molecule has 2 heterocycles. The minimum absolute atomic E-state index is 0.0308. The molecule has 4 rings (SSSR count). The molecule has 0 unspecified atom stereocenters. The van der Waals surface area contributed by atoms with Gasteiger partial charge in [-0.2, -0.15) is 0 Å². The molecule has 2 amide bonds. The SMILES string of the molecule is CCn1c(SCC(=O)Nc2ccc(NC(=O)c3ccccc3F)cc2C)nnc1-c1cccs1. The lowest BCUT2D eigenvalue weighted by Crippen LogP contribution is -2.16. The Labute approximate surface area is 204 Å². The average molecular weight is 496 g/mol. The summed E-state index contributed by atoms with van der Waals surface area (Å²) in [4.78, 5) is 25.9. The summed E-state index contributed by atoms with van der Waals surface area (Å²) in [5.74, 6) is -0.329. The summed E-state index contributed by atoms with van der Waals surface area (Å²) in [6, 6.07) is 14.8. The number of hydrogen-bond acceptors (Lipinski definition) is 6. The number of thiophene rings is 1. The maximum atomic E-state index is 13.8. The number of anilines is 2. The molecule has 0 radical (unpaired) electrons. The van der Waals surface area contributed by atoms with Crippen molar-refractivity contribution in [2.75, 3.05) is 16.4 Å². The predicted molar refractivity (Wildman–Crippen MR) is 134 cm³/mol. The molecule has 0 spiro atoms. The van der Waals surface area contributed by atoms with Gasteiger partial charge in [-0.15, -0.1) is 21.5 Å². The van der Waals surface area contributed by atoms with E-state index in [4.69, 9.17) is 0 Å². The van der Waals surface area contributed by atoms with Gasteiger partial charge in [0.1, 0.15) is 5.82 Å². The Balaban J connectivity index is 1.37. The van der Waals surface area contributed by atoms with Gasteiger partial charge < -0.3 is 15.2 Å². The van der Waals surface area contributed by atoms with E-state index in [1.54, 1.807) is 35.6 Å². The van der Waals surface area contributed by atoms with Crippen LogP contribution in [0.4, 0.5) is 15.8 Å². The molecule has 34 heavy (non-hydrogen) atoms. The van der Waals surface area contributed by atoms with Crippen molar-refractivity contribution in [3.8, 4) is 10.7 Å². The number of halogens is 1. The zero-order valence-electron chi connectivity index (χ0n) is 18.5. The number of nitrogens with one attached hydrogen (secondary N) is 2. The third-order valence-electron chi connectivity index (χ3n) is 4.98. The van der Waals surface area contributed by atoms with Gasteiger partial charge in [0.2, 0.25) is 5.91 Å². The Morgan fingerprint density at radius 3 is 2.62 bits per heavy atom. The van der Waals surface area contributed by atoms with Gasteiger partial charge >= 0.3 is 0 Å². The van der Waals surface area contributed by atoms with Crippen LogP contribution in [0.2, 0.25) is 0 Å². The molecule has 2 N–H and O–H groups in total. The van der Waals surface area contributed by atoms with Crippen molar-refractivity contribution in [3.05, 3.63) is 76.9 Å². The Bertz CT molecular complexity index is 1320. The zero-order chi connectivity index (χ0) is 24.1. The second-order valence-corrected chi connectivity index (χ2v) is 9.22. The molecule has 0 aliphatic heterocycles. The number of carbonyl (C=O) groups is 2. The highest BCUT2D eigenvalue weighted by Crippen LogP contribution is 2.27. The first-order chi connectivity index (χ1) is 16.5. The lowest BCUT2D eigenvalue weighted by molar-refractivity contribution is -0.113. The Morgan fingerprint density at radius 1 is 1.09 bits per heavy atom. The summed E-state index contributed by atoms with van der Waals surface area (Å²) in [5.41, 5.74) is 1.87. The topological polar surface area (TPSA) is 88.9 Å². The lowest BCUT2D eigenvalue weighted by Gasteiger charge is -2.12. The van der Waals surface area contributed by atoms with Gasteiger partial charge in [-0.3, -0.25) is 9.59 Å². The van der Waals surface area contributed by atoms with Crippen LogP contribution in [0, 0.1) is 12.7 Å². The van der Waals surface area contributed by atoms with E-state index < -0.39 is 11.7 Å². The highest BCUT2D eigenvalue weighted by atomic mass is 32.2. The maximum Gasteiger partial charge on any atom is 0.258 e. The van der Waals surface area contributed by atoms with Gasteiger partial charge in [-0.25, -0.2) is 4.39 Å². The Kier molecular flexibility index (Phi) is 7.39. The fourth-order valence-electron chi connectivity index (χ4n) is 3.31.